The van der Waals surface area contributed by atoms with E-state index in [4.69, 9.17) is 5.73 Å². The van der Waals surface area contributed by atoms with E-state index in [9.17, 15) is 0 Å². The third-order valence-electron chi connectivity index (χ3n) is 11.2. The van der Waals surface area contributed by atoms with E-state index in [1.165, 1.54) is 70.8 Å². The second-order valence-corrected chi connectivity index (χ2v) is 12.5. The molecule has 0 aromatic heterocycles. The Kier molecular flexibility index (Phi) is 5.22. The number of nitrogens with two attached hydrogens (primary N) is 1. The SMILES string of the molecule is CC1CCC(C(C)C2CCC3C4CC=C5CC(N)CCC5(C)C4CCC23C)NC1. The highest BCUT2D eigenvalue weighted by atomic mass is 14.9. The third-order valence-corrected chi connectivity index (χ3v) is 11.2. The molecule has 2 heteroatoms. The molecule has 0 spiro atoms. The molecular formula is C27H46N2. The molecule has 4 fully saturated rings. The van der Waals surface area contributed by atoms with Crippen LogP contribution in [0, 0.1) is 46.3 Å². The van der Waals surface area contributed by atoms with Crippen molar-refractivity contribution in [3.05, 3.63) is 11.6 Å². The van der Waals surface area contributed by atoms with Crippen LogP contribution in [-0.2, 0) is 0 Å². The first-order valence-electron chi connectivity index (χ1n) is 13.0. The minimum absolute atomic E-state index is 0.419. The Morgan fingerprint density at radius 3 is 2.62 bits per heavy atom. The molecule has 29 heavy (non-hydrogen) atoms. The Morgan fingerprint density at radius 1 is 1.03 bits per heavy atom. The summed E-state index contributed by atoms with van der Waals surface area (Å²) in [6.45, 7) is 11.6. The molecular weight excluding hydrogens is 352 g/mol. The van der Waals surface area contributed by atoms with Crippen molar-refractivity contribution in [2.24, 2.45) is 52.1 Å². The Bertz CT molecular complexity index is 647. The van der Waals surface area contributed by atoms with Crippen molar-refractivity contribution in [1.29, 1.82) is 0 Å². The van der Waals surface area contributed by atoms with E-state index in [1.807, 2.05) is 0 Å². The zero-order valence-corrected chi connectivity index (χ0v) is 19.6. The molecule has 3 saturated carbocycles. The predicted molar refractivity (Wildman–Crippen MR) is 123 cm³/mol. The van der Waals surface area contributed by atoms with Crippen LogP contribution in [0.2, 0.25) is 0 Å². The van der Waals surface area contributed by atoms with Crippen molar-refractivity contribution in [3.8, 4) is 0 Å². The molecule has 4 aliphatic carbocycles. The van der Waals surface area contributed by atoms with Gasteiger partial charge in [0.25, 0.3) is 0 Å². The van der Waals surface area contributed by atoms with E-state index >= 15 is 0 Å². The lowest BCUT2D eigenvalue weighted by molar-refractivity contribution is -0.0538. The highest BCUT2D eigenvalue weighted by Gasteiger charge is 2.59. The van der Waals surface area contributed by atoms with E-state index < -0.39 is 0 Å². The molecule has 5 rings (SSSR count). The first kappa shape index (κ1) is 20.6. The van der Waals surface area contributed by atoms with Gasteiger partial charge in [-0.15, -0.1) is 0 Å². The van der Waals surface area contributed by atoms with Gasteiger partial charge in [-0.1, -0.05) is 39.3 Å². The monoisotopic (exact) mass is 398 g/mol. The fraction of sp³-hybridized carbons (Fsp3) is 0.926. The number of fused-ring (bicyclic) bond motifs is 5. The lowest BCUT2D eigenvalue weighted by atomic mass is 9.46. The molecule has 0 amide bonds. The Balaban J connectivity index is 1.36. The molecule has 1 saturated heterocycles. The molecule has 1 aliphatic heterocycles. The summed E-state index contributed by atoms with van der Waals surface area (Å²) in [6, 6.07) is 1.18. The molecule has 10 unspecified atom stereocenters. The molecule has 10 atom stereocenters. The molecule has 1 heterocycles. The van der Waals surface area contributed by atoms with Gasteiger partial charge < -0.3 is 11.1 Å². The maximum absolute atomic E-state index is 6.36. The van der Waals surface area contributed by atoms with Gasteiger partial charge in [-0.05, 0) is 117 Å². The van der Waals surface area contributed by atoms with E-state index in [-0.39, 0.29) is 0 Å². The van der Waals surface area contributed by atoms with Gasteiger partial charge in [-0.3, -0.25) is 0 Å². The summed E-state index contributed by atoms with van der Waals surface area (Å²) in [4.78, 5) is 0. The molecule has 164 valence electrons. The van der Waals surface area contributed by atoms with Gasteiger partial charge in [0, 0.05) is 12.1 Å². The number of hydrogen-bond donors (Lipinski definition) is 2. The van der Waals surface area contributed by atoms with Crippen LogP contribution in [-0.4, -0.2) is 18.6 Å². The van der Waals surface area contributed by atoms with Crippen LogP contribution in [0.3, 0.4) is 0 Å². The first-order chi connectivity index (χ1) is 13.8. The lowest BCUT2D eigenvalue weighted by Crippen LogP contribution is -2.52. The molecule has 0 bridgehead atoms. The molecule has 2 nitrogen and oxygen atoms in total. The van der Waals surface area contributed by atoms with Crippen molar-refractivity contribution < 1.29 is 0 Å². The fourth-order valence-electron chi connectivity index (χ4n) is 9.34. The van der Waals surface area contributed by atoms with Crippen molar-refractivity contribution in [3.63, 3.8) is 0 Å². The highest BCUT2D eigenvalue weighted by molar-refractivity contribution is 5.25. The minimum atomic E-state index is 0.419. The largest absolute Gasteiger partial charge is 0.327 e. The van der Waals surface area contributed by atoms with E-state index in [0.29, 0.717) is 16.9 Å². The van der Waals surface area contributed by atoms with Crippen LogP contribution in [0.5, 0.6) is 0 Å². The molecule has 5 aliphatic rings. The molecule has 0 aromatic rings. The van der Waals surface area contributed by atoms with Crippen LogP contribution >= 0.6 is 0 Å². The van der Waals surface area contributed by atoms with E-state index in [2.05, 4.69) is 39.1 Å². The van der Waals surface area contributed by atoms with Crippen LogP contribution in [0.25, 0.3) is 0 Å². The average Bonchev–Trinajstić information content (AvgIpc) is 3.06. The molecule has 3 N–H and O–H groups in total. The smallest absolute Gasteiger partial charge is 0.00957 e. The quantitative estimate of drug-likeness (QED) is 0.567. The molecule has 0 radical (unpaired) electrons. The summed E-state index contributed by atoms with van der Waals surface area (Å²) in [7, 11) is 0. The van der Waals surface area contributed by atoms with Gasteiger partial charge in [0.1, 0.15) is 0 Å². The predicted octanol–water partition coefficient (Wildman–Crippen LogP) is 5.92. The Labute approximate surface area is 179 Å². The van der Waals surface area contributed by atoms with Gasteiger partial charge in [0.15, 0.2) is 0 Å². The van der Waals surface area contributed by atoms with Crippen molar-refractivity contribution in [2.75, 3.05) is 6.54 Å². The molecule has 0 aromatic carbocycles. The lowest BCUT2D eigenvalue weighted by Gasteiger charge is -2.58. The number of nitrogens with one attached hydrogen (secondary N) is 1. The highest BCUT2D eigenvalue weighted by Crippen LogP contribution is 2.67. The number of allylic oxidation sites excluding steroid dienone is 1. The standard InChI is InChI=1S/C27H46N2/c1-17-5-10-25(29-16-17)18(2)22-8-9-23-21-7-6-19-15-20(28)11-13-26(19,3)24(21)12-14-27(22,23)4/h6,17-18,20-25,29H,5,7-16,28H2,1-4H3. The van der Waals surface area contributed by atoms with Gasteiger partial charge in [-0.25, -0.2) is 0 Å². The number of hydrogen-bond acceptors (Lipinski definition) is 2. The first-order valence-corrected chi connectivity index (χ1v) is 13.0. The topological polar surface area (TPSA) is 38.0 Å². The van der Waals surface area contributed by atoms with Crippen molar-refractivity contribution in [1.82, 2.24) is 5.32 Å². The van der Waals surface area contributed by atoms with Crippen LogP contribution in [0.15, 0.2) is 11.6 Å². The zero-order valence-electron chi connectivity index (χ0n) is 19.6. The maximum Gasteiger partial charge on any atom is 0.00957 e. The van der Waals surface area contributed by atoms with Crippen molar-refractivity contribution >= 4 is 0 Å². The maximum atomic E-state index is 6.36. The normalized spacial score (nSPS) is 53.4. The van der Waals surface area contributed by atoms with Crippen LogP contribution < -0.4 is 11.1 Å². The Hall–Kier alpha value is -0.340. The second kappa shape index (κ2) is 7.37. The van der Waals surface area contributed by atoms with E-state index in [0.717, 1.165) is 41.5 Å². The summed E-state index contributed by atoms with van der Waals surface area (Å²) in [5.74, 6) is 5.46. The average molecular weight is 399 g/mol. The van der Waals surface area contributed by atoms with Crippen LogP contribution in [0.1, 0.15) is 91.9 Å². The van der Waals surface area contributed by atoms with Crippen molar-refractivity contribution in [2.45, 2.75) is 104 Å². The summed E-state index contributed by atoms with van der Waals surface area (Å²) in [5, 5.41) is 3.94. The minimum Gasteiger partial charge on any atom is -0.327 e. The summed E-state index contributed by atoms with van der Waals surface area (Å²) in [5.41, 5.74) is 9.14. The van der Waals surface area contributed by atoms with Gasteiger partial charge >= 0.3 is 0 Å². The van der Waals surface area contributed by atoms with Gasteiger partial charge in [0.2, 0.25) is 0 Å². The van der Waals surface area contributed by atoms with Gasteiger partial charge in [-0.2, -0.15) is 0 Å². The number of rotatable bonds is 2. The van der Waals surface area contributed by atoms with E-state index in [1.54, 1.807) is 5.57 Å². The third kappa shape index (κ3) is 3.18. The summed E-state index contributed by atoms with van der Waals surface area (Å²) < 4.78 is 0. The fourth-order valence-corrected chi connectivity index (χ4v) is 9.34. The zero-order chi connectivity index (χ0) is 20.4. The van der Waals surface area contributed by atoms with Crippen LogP contribution in [0.4, 0.5) is 0 Å². The van der Waals surface area contributed by atoms with Gasteiger partial charge in [0.05, 0.1) is 0 Å². The Morgan fingerprint density at radius 2 is 1.86 bits per heavy atom. The summed E-state index contributed by atoms with van der Waals surface area (Å²) in [6.07, 6.45) is 16.5. The summed E-state index contributed by atoms with van der Waals surface area (Å²) >= 11 is 0. The number of piperidine rings is 1. The second-order valence-electron chi connectivity index (χ2n) is 12.5.